The van der Waals surface area contributed by atoms with Gasteiger partial charge in [-0.05, 0) is 43.2 Å². The van der Waals surface area contributed by atoms with E-state index in [0.717, 1.165) is 21.9 Å². The van der Waals surface area contributed by atoms with Crippen LogP contribution in [0.25, 0.3) is 0 Å². The number of carbonyl (C=O) groups is 3. The molecular weight excluding hydrogens is 414 g/mol. The lowest BCUT2D eigenvalue weighted by molar-refractivity contribution is -0.134. The molecule has 0 spiro atoms. The number of benzene rings is 2. The van der Waals surface area contributed by atoms with Gasteiger partial charge in [-0.3, -0.25) is 14.5 Å². The number of imide groups is 1. The SMILES string of the molecule is COc1ccc([C@]2(C)NC(=O)N(CC(=O)N3CC[C@@H](C)Sc4ccccc43)C2=O)cc1. The van der Waals surface area contributed by atoms with Crippen LogP contribution in [0.1, 0.15) is 25.8 Å². The Bertz CT molecular complexity index is 1030. The van der Waals surface area contributed by atoms with Crippen molar-refractivity contribution in [3.8, 4) is 5.75 Å². The summed E-state index contributed by atoms with van der Waals surface area (Å²) in [7, 11) is 1.56. The molecule has 4 amide bonds. The largest absolute Gasteiger partial charge is 0.497 e. The van der Waals surface area contributed by atoms with E-state index in [2.05, 4.69) is 12.2 Å². The number of rotatable bonds is 4. The molecule has 0 aromatic heterocycles. The molecule has 2 aromatic carbocycles. The summed E-state index contributed by atoms with van der Waals surface area (Å²) < 4.78 is 5.17. The summed E-state index contributed by atoms with van der Waals surface area (Å²) in [5.74, 6) is -0.0606. The first-order chi connectivity index (χ1) is 14.8. The fraction of sp³-hybridized carbons (Fsp3) is 0.348. The fourth-order valence-corrected chi connectivity index (χ4v) is 5.04. The third kappa shape index (κ3) is 3.87. The van der Waals surface area contributed by atoms with Crippen LogP contribution >= 0.6 is 11.8 Å². The van der Waals surface area contributed by atoms with Gasteiger partial charge in [-0.15, -0.1) is 11.8 Å². The predicted octanol–water partition coefficient (Wildman–Crippen LogP) is 3.38. The molecule has 0 radical (unpaired) electrons. The monoisotopic (exact) mass is 439 g/mol. The van der Waals surface area contributed by atoms with Gasteiger partial charge in [-0.2, -0.15) is 0 Å². The second-order valence-electron chi connectivity index (χ2n) is 7.91. The highest BCUT2D eigenvalue weighted by molar-refractivity contribution is 8.00. The zero-order chi connectivity index (χ0) is 22.2. The Morgan fingerprint density at radius 1 is 1.19 bits per heavy atom. The van der Waals surface area contributed by atoms with E-state index < -0.39 is 17.5 Å². The molecule has 31 heavy (non-hydrogen) atoms. The van der Waals surface area contributed by atoms with Gasteiger partial charge in [-0.25, -0.2) is 4.79 Å². The number of anilines is 1. The van der Waals surface area contributed by atoms with Crippen molar-refractivity contribution in [3.05, 3.63) is 54.1 Å². The molecule has 2 aliphatic rings. The molecule has 2 atom stereocenters. The Balaban J connectivity index is 1.56. The number of nitrogens with one attached hydrogen (secondary N) is 1. The minimum Gasteiger partial charge on any atom is -0.497 e. The normalized spacial score (nSPS) is 23.3. The summed E-state index contributed by atoms with van der Waals surface area (Å²) in [6.45, 7) is 4.03. The van der Waals surface area contributed by atoms with Crippen LogP contribution in [0.3, 0.4) is 0 Å². The van der Waals surface area contributed by atoms with Crippen LogP contribution in [-0.4, -0.2) is 48.2 Å². The molecule has 0 aliphatic carbocycles. The summed E-state index contributed by atoms with van der Waals surface area (Å²) >= 11 is 1.73. The van der Waals surface area contributed by atoms with Gasteiger partial charge >= 0.3 is 6.03 Å². The Hall–Kier alpha value is -3.00. The lowest BCUT2D eigenvalue weighted by atomic mass is 9.92. The van der Waals surface area contributed by atoms with Crippen LogP contribution in [-0.2, 0) is 15.1 Å². The minimum atomic E-state index is -1.23. The van der Waals surface area contributed by atoms with Crippen molar-refractivity contribution < 1.29 is 19.1 Å². The van der Waals surface area contributed by atoms with Crippen molar-refractivity contribution in [3.63, 3.8) is 0 Å². The molecule has 1 N–H and O–H groups in total. The number of urea groups is 1. The molecule has 0 saturated carbocycles. The number of ether oxygens (including phenoxy) is 1. The topological polar surface area (TPSA) is 79.0 Å². The van der Waals surface area contributed by atoms with E-state index in [0.29, 0.717) is 23.1 Å². The molecule has 0 bridgehead atoms. The quantitative estimate of drug-likeness (QED) is 0.739. The number of fused-ring (bicyclic) bond motifs is 1. The number of carbonyl (C=O) groups excluding carboxylic acids is 3. The Morgan fingerprint density at radius 3 is 2.61 bits per heavy atom. The Kier molecular flexibility index (Phi) is 5.66. The summed E-state index contributed by atoms with van der Waals surface area (Å²) in [6, 6.07) is 14.1. The number of hydrogen-bond acceptors (Lipinski definition) is 5. The molecule has 1 fully saturated rings. The molecule has 2 aliphatic heterocycles. The highest BCUT2D eigenvalue weighted by Crippen LogP contribution is 2.37. The zero-order valence-electron chi connectivity index (χ0n) is 17.8. The van der Waals surface area contributed by atoms with Gasteiger partial charge < -0.3 is 15.0 Å². The smallest absolute Gasteiger partial charge is 0.325 e. The molecule has 162 valence electrons. The van der Waals surface area contributed by atoms with E-state index in [-0.39, 0.29) is 12.5 Å². The Morgan fingerprint density at radius 2 is 1.90 bits per heavy atom. The van der Waals surface area contributed by atoms with Gasteiger partial charge in [-0.1, -0.05) is 31.2 Å². The maximum Gasteiger partial charge on any atom is 0.325 e. The number of nitrogens with zero attached hydrogens (tertiary/aromatic N) is 2. The second-order valence-corrected chi connectivity index (χ2v) is 9.39. The van der Waals surface area contributed by atoms with Crippen LogP contribution < -0.4 is 15.0 Å². The molecule has 4 rings (SSSR count). The molecule has 8 heteroatoms. The number of thioether (sulfide) groups is 1. The number of amides is 4. The van der Waals surface area contributed by atoms with E-state index in [1.54, 1.807) is 55.0 Å². The lowest BCUT2D eigenvalue weighted by Crippen LogP contribution is -2.45. The predicted molar refractivity (Wildman–Crippen MR) is 119 cm³/mol. The first-order valence-electron chi connectivity index (χ1n) is 10.2. The van der Waals surface area contributed by atoms with Crippen molar-refractivity contribution in [1.82, 2.24) is 10.2 Å². The van der Waals surface area contributed by atoms with Crippen molar-refractivity contribution in [2.45, 2.75) is 36.0 Å². The van der Waals surface area contributed by atoms with Crippen LogP contribution in [0, 0.1) is 0 Å². The van der Waals surface area contributed by atoms with Crippen LogP contribution in [0.4, 0.5) is 10.5 Å². The van der Waals surface area contributed by atoms with E-state index >= 15 is 0 Å². The van der Waals surface area contributed by atoms with Crippen molar-refractivity contribution >= 4 is 35.3 Å². The second kappa shape index (κ2) is 8.26. The standard InChI is InChI=1S/C23H25N3O4S/c1-15-12-13-25(18-6-4-5-7-19(18)31-15)20(27)14-26-21(28)23(2,24-22(26)29)16-8-10-17(30-3)11-9-16/h4-11,15H,12-14H2,1-3H3,(H,24,29)/t15-,23+/m1/s1. The highest BCUT2D eigenvalue weighted by Gasteiger charge is 2.49. The third-order valence-corrected chi connectivity index (χ3v) is 7.02. The van der Waals surface area contributed by atoms with Crippen LogP contribution in [0.2, 0.25) is 0 Å². The number of methoxy groups -OCH3 is 1. The zero-order valence-corrected chi connectivity index (χ0v) is 18.6. The number of para-hydroxylation sites is 1. The maximum absolute atomic E-state index is 13.2. The van der Waals surface area contributed by atoms with E-state index in [4.69, 9.17) is 4.74 Å². The molecule has 7 nitrogen and oxygen atoms in total. The first kappa shape index (κ1) is 21.2. The van der Waals surface area contributed by atoms with Gasteiger partial charge in [0, 0.05) is 16.7 Å². The fourth-order valence-electron chi connectivity index (χ4n) is 3.93. The van der Waals surface area contributed by atoms with Gasteiger partial charge in [0.2, 0.25) is 5.91 Å². The van der Waals surface area contributed by atoms with Crippen molar-refractivity contribution in [1.29, 1.82) is 0 Å². The lowest BCUT2D eigenvalue weighted by Gasteiger charge is -2.25. The van der Waals surface area contributed by atoms with E-state index in [9.17, 15) is 14.4 Å². The summed E-state index contributed by atoms with van der Waals surface area (Å²) in [5.41, 5.74) is 0.226. The van der Waals surface area contributed by atoms with E-state index in [1.807, 2.05) is 24.3 Å². The van der Waals surface area contributed by atoms with Gasteiger partial charge in [0.1, 0.15) is 17.8 Å². The average Bonchev–Trinajstić information content (AvgIpc) is 2.90. The molecule has 2 heterocycles. The van der Waals surface area contributed by atoms with Crippen molar-refractivity contribution in [2.75, 3.05) is 25.1 Å². The molecule has 0 unspecified atom stereocenters. The van der Waals surface area contributed by atoms with Crippen LogP contribution in [0.15, 0.2) is 53.4 Å². The summed E-state index contributed by atoms with van der Waals surface area (Å²) in [5, 5.41) is 3.12. The summed E-state index contributed by atoms with van der Waals surface area (Å²) in [4.78, 5) is 42.8. The summed E-state index contributed by atoms with van der Waals surface area (Å²) in [6.07, 6.45) is 0.828. The third-order valence-electron chi connectivity index (χ3n) is 5.78. The minimum absolute atomic E-state index is 0.273. The molecule has 1 saturated heterocycles. The van der Waals surface area contributed by atoms with Crippen molar-refractivity contribution in [2.24, 2.45) is 0 Å². The van der Waals surface area contributed by atoms with Gasteiger partial charge in [0.15, 0.2) is 0 Å². The van der Waals surface area contributed by atoms with E-state index in [1.165, 1.54) is 0 Å². The molecular formula is C23H25N3O4S. The molecule has 2 aromatic rings. The van der Waals surface area contributed by atoms with Gasteiger partial charge in [0.05, 0.1) is 12.8 Å². The first-order valence-corrected chi connectivity index (χ1v) is 11.1. The number of hydrogen-bond donors (Lipinski definition) is 1. The average molecular weight is 440 g/mol. The van der Waals surface area contributed by atoms with Gasteiger partial charge in [0.25, 0.3) is 5.91 Å². The Labute approximate surface area is 185 Å². The maximum atomic E-state index is 13.2. The van der Waals surface area contributed by atoms with Crippen LogP contribution in [0.5, 0.6) is 5.75 Å². The highest BCUT2D eigenvalue weighted by atomic mass is 32.2.